The van der Waals surface area contributed by atoms with Gasteiger partial charge >= 0.3 is 6.03 Å². The number of rotatable bonds is 0. The molecule has 2 unspecified atom stereocenters. The van der Waals surface area contributed by atoms with Gasteiger partial charge in [-0.15, -0.1) is 0 Å². The van der Waals surface area contributed by atoms with E-state index in [2.05, 4.69) is 5.32 Å². The molecule has 0 aromatic rings. The Kier molecular flexibility index (Phi) is 2.40. The highest BCUT2D eigenvalue weighted by molar-refractivity contribution is 5.72. The summed E-state index contributed by atoms with van der Waals surface area (Å²) in [6.07, 6.45) is 2.38. The molecule has 2 fully saturated rings. The first-order chi connectivity index (χ1) is 6.27. The molecule has 0 spiro atoms. The van der Waals surface area contributed by atoms with Crippen molar-refractivity contribution in [2.75, 3.05) is 26.2 Å². The molecule has 4 heteroatoms. The number of likely N-dealkylation sites (tertiary alicyclic amines) is 1. The normalized spacial score (nSPS) is 34.0. The zero-order chi connectivity index (χ0) is 9.26. The van der Waals surface area contributed by atoms with Crippen LogP contribution < -0.4 is 11.1 Å². The quantitative estimate of drug-likeness (QED) is 0.555. The molecule has 3 N–H and O–H groups in total. The second kappa shape index (κ2) is 3.54. The van der Waals surface area contributed by atoms with E-state index in [4.69, 9.17) is 5.73 Å². The SMILES string of the molecule is NC(=O)N1CC2CCNCCC2C1. The van der Waals surface area contributed by atoms with E-state index in [0.29, 0.717) is 11.8 Å². The van der Waals surface area contributed by atoms with Crippen LogP contribution in [0.5, 0.6) is 0 Å². The summed E-state index contributed by atoms with van der Waals surface area (Å²) in [6.45, 7) is 3.94. The van der Waals surface area contributed by atoms with Gasteiger partial charge < -0.3 is 16.0 Å². The van der Waals surface area contributed by atoms with Crippen molar-refractivity contribution in [3.8, 4) is 0 Å². The van der Waals surface area contributed by atoms with Crippen LogP contribution in [0.25, 0.3) is 0 Å². The Bertz CT molecular complexity index is 193. The Labute approximate surface area is 78.5 Å². The molecule has 2 aliphatic heterocycles. The van der Waals surface area contributed by atoms with E-state index in [0.717, 1.165) is 26.2 Å². The summed E-state index contributed by atoms with van der Waals surface area (Å²) in [5.41, 5.74) is 5.26. The minimum absolute atomic E-state index is 0.249. The molecular formula is C9H17N3O. The number of hydrogen-bond acceptors (Lipinski definition) is 2. The maximum Gasteiger partial charge on any atom is 0.314 e. The number of primary amides is 1. The molecule has 13 heavy (non-hydrogen) atoms. The average molecular weight is 183 g/mol. The predicted octanol–water partition coefficient (Wildman–Crippen LogP) is -0.00350. The van der Waals surface area contributed by atoms with Crippen molar-refractivity contribution in [3.63, 3.8) is 0 Å². The fraction of sp³-hybridized carbons (Fsp3) is 0.889. The van der Waals surface area contributed by atoms with Gasteiger partial charge in [0.25, 0.3) is 0 Å². The Morgan fingerprint density at radius 2 is 1.77 bits per heavy atom. The van der Waals surface area contributed by atoms with Crippen molar-refractivity contribution in [2.45, 2.75) is 12.8 Å². The Balaban J connectivity index is 1.97. The molecule has 0 aromatic carbocycles. The van der Waals surface area contributed by atoms with E-state index in [-0.39, 0.29) is 6.03 Å². The van der Waals surface area contributed by atoms with Crippen molar-refractivity contribution in [2.24, 2.45) is 17.6 Å². The first kappa shape index (κ1) is 8.81. The van der Waals surface area contributed by atoms with E-state index in [1.807, 2.05) is 0 Å². The second-order valence-corrected chi connectivity index (χ2v) is 4.09. The van der Waals surface area contributed by atoms with Gasteiger partial charge in [-0.05, 0) is 37.8 Å². The highest BCUT2D eigenvalue weighted by atomic mass is 16.2. The molecule has 2 amide bonds. The number of nitrogens with two attached hydrogens (primary N) is 1. The Hall–Kier alpha value is -0.770. The largest absolute Gasteiger partial charge is 0.351 e. The Morgan fingerprint density at radius 3 is 2.23 bits per heavy atom. The van der Waals surface area contributed by atoms with Gasteiger partial charge in [0.15, 0.2) is 0 Å². The number of amides is 2. The Morgan fingerprint density at radius 1 is 1.23 bits per heavy atom. The number of urea groups is 1. The van der Waals surface area contributed by atoms with Gasteiger partial charge in [-0.25, -0.2) is 4.79 Å². The highest BCUT2D eigenvalue weighted by Gasteiger charge is 2.34. The first-order valence-corrected chi connectivity index (χ1v) is 5.02. The molecule has 0 saturated carbocycles. The summed E-state index contributed by atoms with van der Waals surface area (Å²) in [7, 11) is 0. The predicted molar refractivity (Wildman–Crippen MR) is 50.2 cm³/mol. The molecule has 0 radical (unpaired) electrons. The third-order valence-electron chi connectivity index (χ3n) is 3.27. The van der Waals surface area contributed by atoms with Crippen molar-refractivity contribution < 1.29 is 4.79 Å². The molecule has 2 rings (SSSR count). The van der Waals surface area contributed by atoms with E-state index >= 15 is 0 Å². The standard InChI is InChI=1S/C9H17N3O/c10-9(13)12-5-7-1-3-11-4-2-8(7)6-12/h7-8,11H,1-6H2,(H2,10,13). The molecule has 0 aliphatic carbocycles. The summed E-state index contributed by atoms with van der Waals surface area (Å²) in [5, 5.41) is 3.39. The van der Waals surface area contributed by atoms with Crippen LogP contribution in [0.4, 0.5) is 4.79 Å². The third-order valence-corrected chi connectivity index (χ3v) is 3.27. The smallest absolute Gasteiger partial charge is 0.314 e. The molecule has 0 bridgehead atoms. The van der Waals surface area contributed by atoms with Gasteiger partial charge in [0.2, 0.25) is 0 Å². The summed E-state index contributed by atoms with van der Waals surface area (Å²) in [6, 6.07) is -0.249. The maximum atomic E-state index is 11.0. The lowest BCUT2D eigenvalue weighted by molar-refractivity contribution is 0.215. The van der Waals surface area contributed by atoms with E-state index < -0.39 is 0 Å². The van der Waals surface area contributed by atoms with Gasteiger partial charge in [-0.2, -0.15) is 0 Å². The summed E-state index contributed by atoms with van der Waals surface area (Å²) >= 11 is 0. The van der Waals surface area contributed by atoms with Crippen molar-refractivity contribution in [3.05, 3.63) is 0 Å². The van der Waals surface area contributed by atoms with Gasteiger partial charge in [0.1, 0.15) is 0 Å². The van der Waals surface area contributed by atoms with Gasteiger partial charge in [-0.3, -0.25) is 0 Å². The molecule has 0 aromatic heterocycles. The number of fused-ring (bicyclic) bond motifs is 1. The van der Waals surface area contributed by atoms with Gasteiger partial charge in [-0.1, -0.05) is 0 Å². The molecule has 2 atom stereocenters. The van der Waals surface area contributed by atoms with E-state index in [9.17, 15) is 4.79 Å². The lowest BCUT2D eigenvalue weighted by atomic mass is 9.92. The zero-order valence-corrected chi connectivity index (χ0v) is 7.83. The molecule has 74 valence electrons. The van der Waals surface area contributed by atoms with Crippen LogP contribution in [0, 0.1) is 11.8 Å². The zero-order valence-electron chi connectivity index (χ0n) is 7.83. The van der Waals surface area contributed by atoms with Crippen LogP contribution in [0.15, 0.2) is 0 Å². The fourth-order valence-corrected chi connectivity index (χ4v) is 2.47. The molecular weight excluding hydrogens is 166 g/mol. The summed E-state index contributed by atoms with van der Waals surface area (Å²) < 4.78 is 0. The van der Waals surface area contributed by atoms with Crippen LogP contribution in [0.1, 0.15) is 12.8 Å². The number of hydrogen-bond donors (Lipinski definition) is 2. The van der Waals surface area contributed by atoms with Crippen LogP contribution in [-0.4, -0.2) is 37.1 Å². The molecule has 2 aliphatic rings. The summed E-state index contributed by atoms with van der Waals surface area (Å²) in [5.74, 6) is 1.37. The fourth-order valence-electron chi connectivity index (χ4n) is 2.47. The lowest BCUT2D eigenvalue weighted by Gasteiger charge is -2.12. The minimum atomic E-state index is -0.249. The van der Waals surface area contributed by atoms with Gasteiger partial charge in [0, 0.05) is 13.1 Å². The third kappa shape index (κ3) is 1.77. The van der Waals surface area contributed by atoms with Crippen LogP contribution in [0.3, 0.4) is 0 Å². The van der Waals surface area contributed by atoms with Crippen molar-refractivity contribution in [1.29, 1.82) is 0 Å². The summed E-state index contributed by atoms with van der Waals surface area (Å²) in [4.78, 5) is 12.8. The number of nitrogens with zero attached hydrogens (tertiary/aromatic N) is 1. The molecule has 2 heterocycles. The van der Waals surface area contributed by atoms with Crippen LogP contribution >= 0.6 is 0 Å². The minimum Gasteiger partial charge on any atom is -0.351 e. The van der Waals surface area contributed by atoms with Crippen molar-refractivity contribution >= 4 is 6.03 Å². The first-order valence-electron chi connectivity index (χ1n) is 5.02. The topological polar surface area (TPSA) is 58.4 Å². The number of carbonyl (C=O) groups excluding carboxylic acids is 1. The highest BCUT2D eigenvalue weighted by Crippen LogP contribution is 2.29. The van der Waals surface area contributed by atoms with Crippen LogP contribution in [0.2, 0.25) is 0 Å². The molecule has 2 saturated heterocycles. The maximum absolute atomic E-state index is 11.0. The number of nitrogens with one attached hydrogen (secondary N) is 1. The van der Waals surface area contributed by atoms with Gasteiger partial charge in [0.05, 0.1) is 0 Å². The van der Waals surface area contributed by atoms with E-state index in [1.54, 1.807) is 4.90 Å². The lowest BCUT2D eigenvalue weighted by Crippen LogP contribution is -2.34. The van der Waals surface area contributed by atoms with Crippen LogP contribution in [-0.2, 0) is 0 Å². The number of carbonyl (C=O) groups is 1. The second-order valence-electron chi connectivity index (χ2n) is 4.09. The molecule has 4 nitrogen and oxygen atoms in total. The average Bonchev–Trinajstić information content (AvgIpc) is 2.38. The van der Waals surface area contributed by atoms with E-state index in [1.165, 1.54) is 12.8 Å². The monoisotopic (exact) mass is 183 g/mol. The van der Waals surface area contributed by atoms with Crippen molar-refractivity contribution in [1.82, 2.24) is 10.2 Å².